The molecule has 0 heterocycles. The molecule has 810 valence electrons. The standard InChI is InChI=1S/C13H24O3.3C12H22O3.2C11H20O3.C10H20O3.2C9H18O3.C8H16O3/c1-10(2)11(3)16-13(14)15-9-12-7-5-4-6-8-12;2*1-9(2)10(3)14-12(13)15-11-7-5-4-6-8-11;1-10(2)8-14-12(13)15-9-11-6-4-3-5-7-11;2*1-9(2)8-13-11(12)14-10-6-4-3-5-7-10;1-7(2)8(3)12-9(11)13-10(4,5)6;1-7(2)6-11-8(10)12-9(3,4)5;1-6(2)8(5)12-9(10)11-7(3)4;1-6(2)5-10-8(9)11-7(3)4/h10-12H,4-9H2,1-3H3;2*9-11H,4-8H2,1-3H3;10-11H,3-9H2,1-2H3;2*9-10H,3-8H2,1-2H3;7-8H,1-6H3;7H,6H2,1-5H3;6-8H,1-5H3;6-7H,5H2,1-4H3. The van der Waals surface area contributed by atoms with Gasteiger partial charge in [0.1, 0.15) is 66.1 Å². The third kappa shape index (κ3) is 92.2. The fourth-order valence-corrected chi connectivity index (χ4v) is 12.2. The summed E-state index contributed by atoms with van der Waals surface area (Å²) in [6.45, 7) is 70.8. The van der Waals surface area contributed by atoms with E-state index in [4.69, 9.17) is 94.7 Å². The van der Waals surface area contributed by atoms with Crippen LogP contribution in [0.3, 0.4) is 0 Å². The van der Waals surface area contributed by atoms with E-state index in [2.05, 4.69) is 0 Å². The van der Waals surface area contributed by atoms with Gasteiger partial charge in [0.25, 0.3) is 0 Å². The summed E-state index contributed by atoms with van der Waals surface area (Å²) in [7, 11) is 0. The highest BCUT2D eigenvalue weighted by Crippen LogP contribution is 2.29. The Morgan fingerprint density at radius 2 is 0.394 bits per heavy atom. The molecular formula is C107H202O30. The monoisotopic (exact) mass is 1970 g/mol. The average molecular weight is 1970 g/mol. The van der Waals surface area contributed by atoms with Crippen molar-refractivity contribution in [1.82, 2.24) is 0 Å². The lowest BCUT2D eigenvalue weighted by Gasteiger charge is -2.23. The second-order valence-electron chi connectivity index (χ2n) is 43.3. The van der Waals surface area contributed by atoms with Crippen molar-refractivity contribution in [2.24, 2.45) is 71.0 Å². The molecule has 6 rings (SSSR count). The van der Waals surface area contributed by atoms with Gasteiger partial charge in [-0.1, -0.05) is 203 Å². The van der Waals surface area contributed by atoms with Crippen molar-refractivity contribution >= 4 is 61.6 Å². The Labute approximate surface area is 830 Å². The van der Waals surface area contributed by atoms with E-state index >= 15 is 0 Å². The number of hydrogen-bond donors (Lipinski definition) is 0. The van der Waals surface area contributed by atoms with Crippen LogP contribution in [-0.2, 0) is 94.7 Å². The molecule has 0 N–H and O–H groups in total. The zero-order chi connectivity index (χ0) is 105. The van der Waals surface area contributed by atoms with Crippen molar-refractivity contribution in [1.29, 1.82) is 0 Å². The van der Waals surface area contributed by atoms with E-state index in [9.17, 15) is 47.9 Å². The highest BCUT2D eigenvalue weighted by Gasteiger charge is 2.28. The number of carbonyl (C=O) groups excluding carboxylic acids is 10. The maximum atomic E-state index is 11.4. The first-order valence-corrected chi connectivity index (χ1v) is 52.3. The number of ether oxygens (including phenoxy) is 20. The van der Waals surface area contributed by atoms with Gasteiger partial charge in [-0.3, -0.25) is 0 Å². The first-order valence-electron chi connectivity index (χ1n) is 52.3. The van der Waals surface area contributed by atoms with Gasteiger partial charge in [0.05, 0.1) is 58.5 Å². The summed E-state index contributed by atoms with van der Waals surface area (Å²) in [4.78, 5) is 111. The molecule has 5 unspecified atom stereocenters. The maximum absolute atomic E-state index is 11.4. The summed E-state index contributed by atoms with van der Waals surface area (Å²) >= 11 is 0. The van der Waals surface area contributed by atoms with E-state index in [1.165, 1.54) is 116 Å². The van der Waals surface area contributed by atoms with Gasteiger partial charge in [0, 0.05) is 0 Å². The van der Waals surface area contributed by atoms with Gasteiger partial charge in [-0.2, -0.15) is 0 Å². The molecule has 0 saturated heterocycles. The molecule has 0 aromatic heterocycles. The van der Waals surface area contributed by atoms with E-state index < -0.39 is 72.8 Å². The average Bonchev–Trinajstić information content (AvgIpc) is 0.940. The molecular weight excluding hydrogens is 1770 g/mol. The fourth-order valence-electron chi connectivity index (χ4n) is 12.2. The lowest BCUT2D eigenvalue weighted by Crippen LogP contribution is -2.28. The first kappa shape index (κ1) is 136. The summed E-state index contributed by atoms with van der Waals surface area (Å²) in [6.07, 6.45) is 29.3. The van der Waals surface area contributed by atoms with Crippen LogP contribution < -0.4 is 0 Å². The maximum Gasteiger partial charge on any atom is 0.509 e. The van der Waals surface area contributed by atoms with Crippen LogP contribution in [0.15, 0.2) is 0 Å². The van der Waals surface area contributed by atoms with E-state index in [1.807, 2.05) is 215 Å². The van der Waals surface area contributed by atoms with Crippen LogP contribution in [0, 0.1) is 71.0 Å². The third-order valence-corrected chi connectivity index (χ3v) is 21.8. The zero-order valence-corrected chi connectivity index (χ0v) is 92.7. The Balaban J connectivity index is -0.000000719. The topological polar surface area (TPSA) is 355 Å². The van der Waals surface area contributed by atoms with Crippen molar-refractivity contribution in [3.05, 3.63) is 0 Å². The van der Waals surface area contributed by atoms with Gasteiger partial charge in [0.15, 0.2) is 0 Å². The molecule has 30 heteroatoms. The van der Waals surface area contributed by atoms with Gasteiger partial charge >= 0.3 is 61.6 Å². The molecule has 6 aliphatic rings. The lowest BCUT2D eigenvalue weighted by atomic mass is 9.90. The smallest absolute Gasteiger partial charge is 0.434 e. The first-order chi connectivity index (χ1) is 63.8. The van der Waals surface area contributed by atoms with E-state index in [1.54, 1.807) is 27.7 Å². The highest BCUT2D eigenvalue weighted by molar-refractivity contribution is 5.63. The van der Waals surface area contributed by atoms with Gasteiger partial charge in [0.2, 0.25) is 0 Å². The third-order valence-electron chi connectivity index (χ3n) is 21.8. The van der Waals surface area contributed by atoms with Crippen molar-refractivity contribution in [2.75, 3.05) is 46.2 Å². The number of carbonyl (C=O) groups is 10. The molecule has 0 aliphatic heterocycles. The molecule has 0 aromatic rings. The quantitative estimate of drug-likeness (QED) is 0.0476. The minimum absolute atomic E-state index is 0.0684. The Kier molecular flexibility index (Phi) is 80.7. The van der Waals surface area contributed by atoms with Gasteiger partial charge < -0.3 is 94.7 Å². The molecule has 6 saturated carbocycles. The van der Waals surface area contributed by atoms with Crippen LogP contribution in [0.4, 0.5) is 47.9 Å². The minimum Gasteiger partial charge on any atom is -0.434 e. The van der Waals surface area contributed by atoms with E-state index in [0.29, 0.717) is 117 Å². The molecule has 30 nitrogen and oxygen atoms in total. The molecule has 0 spiro atoms. The largest absolute Gasteiger partial charge is 0.509 e. The number of rotatable bonds is 30. The summed E-state index contributed by atoms with van der Waals surface area (Å²) in [5, 5.41) is 0. The van der Waals surface area contributed by atoms with Crippen LogP contribution in [0.5, 0.6) is 0 Å². The van der Waals surface area contributed by atoms with Crippen LogP contribution in [-0.4, -0.2) is 186 Å². The second-order valence-corrected chi connectivity index (χ2v) is 43.3. The zero-order valence-electron chi connectivity index (χ0n) is 92.7. The Bertz CT molecular complexity index is 2920. The molecule has 6 aliphatic carbocycles. The predicted molar refractivity (Wildman–Crippen MR) is 536 cm³/mol. The van der Waals surface area contributed by atoms with Crippen LogP contribution >= 0.6 is 0 Å². The lowest BCUT2D eigenvalue weighted by molar-refractivity contribution is -0.0320. The Morgan fingerprint density at radius 1 is 0.204 bits per heavy atom. The molecule has 0 radical (unpaired) electrons. The van der Waals surface area contributed by atoms with Crippen LogP contribution in [0.25, 0.3) is 0 Å². The van der Waals surface area contributed by atoms with Gasteiger partial charge in [-0.05, 0) is 303 Å². The van der Waals surface area contributed by atoms with Crippen LogP contribution in [0.1, 0.15) is 435 Å². The van der Waals surface area contributed by atoms with Gasteiger partial charge in [-0.15, -0.1) is 0 Å². The Hall–Kier alpha value is -7.30. The SMILES string of the molecule is CC(C)C(C)OC(=O)OC(C)(C)C.CC(C)C(C)OC(=O)OC1CCCCC1.CC(C)C(C)OC(=O)OC1CCCCC1.CC(C)C(C)OC(=O)OCC1CCCCC1.CC(C)COC(=O)OC(C)(C)C.CC(C)COC(=O)OC(C)C.CC(C)COC(=O)OC1CCCCC1.CC(C)COC(=O)OC1CCCCC1.CC(C)COC(=O)OCC1CCCCC1.CC(C)OC(=O)OC(C)C(C)C. The summed E-state index contributed by atoms with van der Waals surface area (Å²) in [5.74, 6) is 4.57. The van der Waals surface area contributed by atoms with Crippen molar-refractivity contribution in [3.63, 3.8) is 0 Å². The molecule has 137 heavy (non-hydrogen) atoms. The van der Waals surface area contributed by atoms with Gasteiger partial charge in [-0.25, -0.2) is 47.9 Å². The molecule has 0 amide bonds. The molecule has 0 aromatic carbocycles. The normalized spacial score (nSPS) is 16.7. The highest BCUT2D eigenvalue weighted by atomic mass is 16.8. The number of hydrogen-bond acceptors (Lipinski definition) is 30. The van der Waals surface area contributed by atoms with Crippen molar-refractivity contribution < 1.29 is 143 Å². The summed E-state index contributed by atoms with van der Waals surface area (Å²) in [6, 6.07) is 0. The van der Waals surface area contributed by atoms with Crippen molar-refractivity contribution in [2.45, 2.75) is 513 Å². The molecule has 0 bridgehead atoms. The molecule has 6 fully saturated rings. The minimum atomic E-state index is -0.589. The van der Waals surface area contributed by atoms with Crippen LogP contribution in [0.2, 0.25) is 0 Å². The van der Waals surface area contributed by atoms with E-state index in [-0.39, 0.29) is 67.1 Å². The summed E-state index contributed by atoms with van der Waals surface area (Å²) < 4.78 is 100. The van der Waals surface area contributed by atoms with E-state index in [0.717, 1.165) is 77.0 Å². The Morgan fingerprint density at radius 3 is 0.642 bits per heavy atom. The second kappa shape index (κ2) is 81.3. The predicted octanol–water partition coefficient (Wildman–Crippen LogP) is 30.8. The van der Waals surface area contributed by atoms with Crippen molar-refractivity contribution in [3.8, 4) is 0 Å². The molecule has 5 atom stereocenters. The summed E-state index contributed by atoms with van der Waals surface area (Å²) in [5.41, 5.74) is -0.943. The fraction of sp³-hybridized carbons (Fsp3) is 0.907.